The van der Waals surface area contributed by atoms with Crippen LogP contribution < -0.4 is 0 Å². The van der Waals surface area contributed by atoms with Gasteiger partial charge in [0.1, 0.15) is 16.1 Å². The summed E-state index contributed by atoms with van der Waals surface area (Å²) in [5.41, 5.74) is 2.85. The Balaban J connectivity index is 2.16. The van der Waals surface area contributed by atoms with E-state index in [2.05, 4.69) is 21.0 Å². The van der Waals surface area contributed by atoms with Crippen LogP contribution in [0, 0.1) is 6.92 Å². The quantitative estimate of drug-likeness (QED) is 0.573. The number of aromatic nitrogens is 3. The van der Waals surface area contributed by atoms with Crippen LogP contribution in [0.1, 0.15) is 19.4 Å². The molecule has 6 heteroatoms. The van der Waals surface area contributed by atoms with Gasteiger partial charge in [-0.1, -0.05) is 29.5 Å². The minimum absolute atomic E-state index is 0.632. The fraction of sp³-hybridized carbons (Fsp3) is 0.222. The van der Waals surface area contributed by atoms with Gasteiger partial charge in [-0.3, -0.25) is 9.78 Å². The molecule has 1 aromatic carbocycles. The summed E-state index contributed by atoms with van der Waals surface area (Å²) in [6, 6.07) is 6.17. The number of benzene rings is 1. The fourth-order valence-corrected chi connectivity index (χ4v) is 3.32. The molecule has 0 radical (unpaired) electrons. The first-order chi connectivity index (χ1) is 11.4. The zero-order valence-corrected chi connectivity index (χ0v) is 14.5. The van der Waals surface area contributed by atoms with Crippen LogP contribution >= 0.6 is 11.8 Å². The molecule has 0 aliphatic rings. The molecule has 0 fully saturated rings. The minimum atomic E-state index is -0.988. The number of fused-ring (bicyclic) bond motifs is 1. The number of aryl methyl sites for hydroxylation is 1. The Hall–Kier alpha value is -2.47. The first-order valence-corrected chi connectivity index (χ1v) is 8.27. The molecule has 0 amide bonds. The lowest BCUT2D eigenvalue weighted by molar-refractivity contribution is -0.138. The van der Waals surface area contributed by atoms with Crippen LogP contribution in [0.4, 0.5) is 0 Å². The second-order valence-electron chi connectivity index (χ2n) is 6.07. The molecule has 24 heavy (non-hydrogen) atoms. The Labute approximate surface area is 144 Å². The average Bonchev–Trinajstić information content (AvgIpc) is 2.54. The Kier molecular flexibility index (Phi) is 4.24. The third-order valence-electron chi connectivity index (χ3n) is 3.75. The van der Waals surface area contributed by atoms with Gasteiger partial charge in [-0.05, 0) is 32.2 Å². The van der Waals surface area contributed by atoms with Gasteiger partial charge < -0.3 is 5.11 Å². The molecule has 0 unspecified atom stereocenters. The molecule has 5 nitrogen and oxygen atoms in total. The number of hydrogen-bond acceptors (Lipinski definition) is 5. The highest BCUT2D eigenvalue weighted by Gasteiger charge is 2.30. The third-order valence-corrected chi connectivity index (χ3v) is 4.95. The summed E-state index contributed by atoms with van der Waals surface area (Å²) in [7, 11) is 0. The molecule has 0 bridgehead atoms. The molecule has 2 heterocycles. The minimum Gasteiger partial charge on any atom is -0.480 e. The predicted octanol–water partition coefficient (Wildman–Crippen LogP) is 3.96. The van der Waals surface area contributed by atoms with E-state index in [4.69, 9.17) is 0 Å². The average molecular weight is 339 g/mol. The monoisotopic (exact) mass is 339 g/mol. The summed E-state index contributed by atoms with van der Waals surface area (Å²) >= 11 is 1.21. The van der Waals surface area contributed by atoms with E-state index in [1.54, 1.807) is 26.2 Å². The highest BCUT2D eigenvalue weighted by Crippen LogP contribution is 2.39. The number of carbonyl (C=O) groups is 1. The third kappa shape index (κ3) is 3.10. The van der Waals surface area contributed by atoms with Crippen LogP contribution in [0.3, 0.4) is 0 Å². The standard InChI is InChI=1S/C18H17N3O2S/c1-11-4-5-13-12(6-11)7-19-8-14(13)15-9-20-10-21-16(15)24-18(2,3)17(22)23/h4-10H,1-3H3,(H,22,23). The lowest BCUT2D eigenvalue weighted by Gasteiger charge is -2.19. The van der Waals surface area contributed by atoms with E-state index in [0.717, 1.165) is 27.5 Å². The highest BCUT2D eigenvalue weighted by molar-refractivity contribution is 8.01. The van der Waals surface area contributed by atoms with Gasteiger partial charge in [0.05, 0.1) is 0 Å². The predicted molar refractivity (Wildman–Crippen MR) is 95.1 cm³/mol. The van der Waals surface area contributed by atoms with Crippen molar-refractivity contribution in [3.8, 4) is 11.1 Å². The molecular weight excluding hydrogens is 322 g/mol. The second-order valence-corrected chi connectivity index (χ2v) is 7.68. The van der Waals surface area contributed by atoms with E-state index >= 15 is 0 Å². The smallest absolute Gasteiger partial charge is 0.319 e. The summed E-state index contributed by atoms with van der Waals surface area (Å²) < 4.78 is -0.988. The maximum Gasteiger partial charge on any atom is 0.319 e. The van der Waals surface area contributed by atoms with Crippen molar-refractivity contribution in [3.63, 3.8) is 0 Å². The summed E-state index contributed by atoms with van der Waals surface area (Å²) in [5.74, 6) is -0.885. The SMILES string of the molecule is Cc1ccc2c(-c3cncnc3SC(C)(C)C(=O)O)cncc2c1. The maximum atomic E-state index is 11.4. The van der Waals surface area contributed by atoms with E-state index in [-0.39, 0.29) is 0 Å². The topological polar surface area (TPSA) is 76.0 Å². The van der Waals surface area contributed by atoms with Crippen molar-refractivity contribution in [1.82, 2.24) is 15.0 Å². The normalized spacial score (nSPS) is 11.6. The second kappa shape index (κ2) is 6.20. The van der Waals surface area contributed by atoms with Gasteiger partial charge >= 0.3 is 5.97 Å². The zero-order chi connectivity index (χ0) is 17.3. The molecule has 1 N–H and O–H groups in total. The van der Waals surface area contributed by atoms with Crippen molar-refractivity contribution in [2.24, 2.45) is 0 Å². The summed E-state index contributed by atoms with van der Waals surface area (Å²) in [6.45, 7) is 5.36. The molecule has 0 aliphatic carbocycles. The van der Waals surface area contributed by atoms with Gasteiger partial charge in [0.25, 0.3) is 0 Å². The molecule has 0 aliphatic heterocycles. The van der Waals surface area contributed by atoms with Crippen LogP contribution in [0.5, 0.6) is 0 Å². The number of carboxylic acids is 1. The van der Waals surface area contributed by atoms with Crippen molar-refractivity contribution < 1.29 is 9.90 Å². The maximum absolute atomic E-state index is 11.4. The van der Waals surface area contributed by atoms with Gasteiger partial charge in [-0.15, -0.1) is 0 Å². The van der Waals surface area contributed by atoms with Crippen molar-refractivity contribution in [1.29, 1.82) is 0 Å². The number of thioether (sulfide) groups is 1. The van der Waals surface area contributed by atoms with E-state index in [0.29, 0.717) is 5.03 Å². The number of rotatable bonds is 4. The van der Waals surface area contributed by atoms with Crippen LogP contribution in [0.15, 0.2) is 48.1 Å². The van der Waals surface area contributed by atoms with E-state index in [1.807, 2.05) is 25.3 Å². The van der Waals surface area contributed by atoms with Gasteiger partial charge in [0, 0.05) is 35.1 Å². The first-order valence-electron chi connectivity index (χ1n) is 7.45. The molecule has 122 valence electrons. The molecule has 0 spiro atoms. The van der Waals surface area contributed by atoms with Crippen molar-refractivity contribution in [3.05, 3.63) is 48.7 Å². The molecule has 2 aromatic heterocycles. The zero-order valence-electron chi connectivity index (χ0n) is 13.6. The fourth-order valence-electron chi connectivity index (χ4n) is 2.38. The lowest BCUT2D eigenvalue weighted by Crippen LogP contribution is -2.27. The Morgan fingerprint density at radius 3 is 2.62 bits per heavy atom. The number of hydrogen-bond donors (Lipinski definition) is 1. The first kappa shape index (κ1) is 16.4. The van der Waals surface area contributed by atoms with E-state index in [9.17, 15) is 9.90 Å². The van der Waals surface area contributed by atoms with Gasteiger partial charge in [0.2, 0.25) is 0 Å². The van der Waals surface area contributed by atoms with E-state index in [1.165, 1.54) is 18.1 Å². The van der Waals surface area contributed by atoms with Crippen molar-refractivity contribution >= 4 is 28.5 Å². The lowest BCUT2D eigenvalue weighted by atomic mass is 10.0. The van der Waals surface area contributed by atoms with Gasteiger partial charge in [-0.2, -0.15) is 0 Å². The number of carboxylic acid groups (broad SMARTS) is 1. The van der Waals surface area contributed by atoms with Crippen molar-refractivity contribution in [2.75, 3.05) is 0 Å². The summed E-state index contributed by atoms with van der Waals surface area (Å²) in [4.78, 5) is 24.2. The Morgan fingerprint density at radius 1 is 1.12 bits per heavy atom. The van der Waals surface area contributed by atoms with Gasteiger partial charge in [-0.25, -0.2) is 9.97 Å². The van der Waals surface area contributed by atoms with Crippen LogP contribution in [0.2, 0.25) is 0 Å². The van der Waals surface area contributed by atoms with Crippen molar-refractivity contribution in [2.45, 2.75) is 30.5 Å². The molecule has 3 rings (SSSR count). The Bertz CT molecular complexity index is 925. The molecular formula is C18H17N3O2S. The van der Waals surface area contributed by atoms with Crippen LogP contribution in [0.25, 0.3) is 21.9 Å². The van der Waals surface area contributed by atoms with Gasteiger partial charge in [0.15, 0.2) is 0 Å². The number of aliphatic carboxylic acids is 1. The molecule has 3 aromatic rings. The molecule has 0 saturated carbocycles. The molecule has 0 atom stereocenters. The number of pyridine rings is 1. The number of nitrogens with zero attached hydrogens (tertiary/aromatic N) is 3. The van der Waals surface area contributed by atoms with Crippen LogP contribution in [-0.2, 0) is 4.79 Å². The van der Waals surface area contributed by atoms with E-state index < -0.39 is 10.7 Å². The summed E-state index contributed by atoms with van der Waals surface area (Å²) in [5, 5.41) is 12.1. The molecule has 0 saturated heterocycles. The summed E-state index contributed by atoms with van der Waals surface area (Å²) in [6.07, 6.45) is 6.74. The Morgan fingerprint density at radius 2 is 1.88 bits per heavy atom. The largest absolute Gasteiger partial charge is 0.480 e. The highest BCUT2D eigenvalue weighted by atomic mass is 32.2. The van der Waals surface area contributed by atoms with Crippen LogP contribution in [-0.4, -0.2) is 30.8 Å².